The summed E-state index contributed by atoms with van der Waals surface area (Å²) in [5.41, 5.74) is 0.938. The molecule has 2 nitrogen and oxygen atoms in total. The van der Waals surface area contributed by atoms with Crippen molar-refractivity contribution in [3.8, 4) is 5.75 Å². The first-order chi connectivity index (χ1) is 8.43. The normalized spacial score (nSPS) is 12.6. The largest absolute Gasteiger partial charge is 0.493 e. The minimum absolute atomic E-state index is 0.395. The summed E-state index contributed by atoms with van der Waals surface area (Å²) in [4.78, 5) is 0. The van der Waals surface area contributed by atoms with Gasteiger partial charge in [0.1, 0.15) is 0 Å². The number of rotatable bonds is 6. The predicted octanol–water partition coefficient (Wildman–Crippen LogP) is 5.35. The van der Waals surface area contributed by atoms with Gasteiger partial charge in [-0.25, -0.2) is 0 Å². The second kappa shape index (κ2) is 7.25. The van der Waals surface area contributed by atoms with Gasteiger partial charge in [-0.2, -0.15) is 0 Å². The van der Waals surface area contributed by atoms with Gasteiger partial charge in [-0.3, -0.25) is 0 Å². The zero-order valence-electron chi connectivity index (χ0n) is 11.4. The summed E-state index contributed by atoms with van der Waals surface area (Å²) in [6.45, 7) is 6.66. The van der Waals surface area contributed by atoms with Crippen LogP contribution in [0.2, 0.25) is 5.02 Å². The van der Waals surface area contributed by atoms with Gasteiger partial charge in [0.25, 0.3) is 0 Å². The fourth-order valence-corrected chi connectivity index (χ4v) is 2.77. The molecule has 0 aliphatic rings. The maximum atomic E-state index is 6.06. The molecule has 0 spiro atoms. The minimum atomic E-state index is 0.395. The lowest BCUT2D eigenvalue weighted by molar-refractivity contribution is 0.413. The van der Waals surface area contributed by atoms with E-state index in [4.69, 9.17) is 16.3 Å². The van der Waals surface area contributed by atoms with E-state index in [1.807, 2.05) is 12.1 Å². The lowest BCUT2D eigenvalue weighted by atomic mass is 10.0. The average molecular weight is 335 g/mol. The molecule has 102 valence electrons. The zero-order valence-corrected chi connectivity index (χ0v) is 13.7. The van der Waals surface area contributed by atoms with Crippen molar-refractivity contribution in [3.05, 3.63) is 21.6 Å². The summed E-state index contributed by atoms with van der Waals surface area (Å²) < 4.78 is 6.26. The van der Waals surface area contributed by atoms with Gasteiger partial charge in [0.05, 0.1) is 17.3 Å². The summed E-state index contributed by atoms with van der Waals surface area (Å²) in [5, 5.41) is 4.15. The number of benzene rings is 1. The fraction of sp³-hybridized carbons (Fsp3) is 0.571. The molecule has 1 aromatic rings. The number of hydrogen-bond acceptors (Lipinski definition) is 2. The second-order valence-corrected chi connectivity index (χ2v) is 6.28. The summed E-state index contributed by atoms with van der Waals surface area (Å²) in [7, 11) is 1.66. The van der Waals surface area contributed by atoms with E-state index < -0.39 is 0 Å². The maximum absolute atomic E-state index is 6.06. The van der Waals surface area contributed by atoms with Gasteiger partial charge >= 0.3 is 0 Å². The first-order valence-electron chi connectivity index (χ1n) is 6.23. The molecular formula is C14H21BrClNO. The molecule has 4 heteroatoms. The third-order valence-corrected chi connectivity index (χ3v) is 3.60. The van der Waals surface area contributed by atoms with E-state index in [1.54, 1.807) is 7.11 Å². The van der Waals surface area contributed by atoms with Crippen molar-refractivity contribution in [1.29, 1.82) is 0 Å². The highest BCUT2D eigenvalue weighted by atomic mass is 79.9. The topological polar surface area (TPSA) is 21.3 Å². The minimum Gasteiger partial charge on any atom is -0.493 e. The Morgan fingerprint density at radius 2 is 1.94 bits per heavy atom. The molecule has 1 N–H and O–H groups in total. The smallest absolute Gasteiger partial charge is 0.156 e. The quantitative estimate of drug-likeness (QED) is 0.757. The Bertz CT molecular complexity index is 396. The molecule has 0 bridgehead atoms. The Morgan fingerprint density at radius 3 is 2.50 bits per heavy atom. The Balaban J connectivity index is 2.76. The number of hydrogen-bond donors (Lipinski definition) is 1. The first kappa shape index (κ1) is 15.6. The van der Waals surface area contributed by atoms with Crippen LogP contribution in [0.1, 0.15) is 33.6 Å². The van der Waals surface area contributed by atoms with Crippen molar-refractivity contribution in [3.63, 3.8) is 0 Å². The molecule has 1 unspecified atom stereocenters. The standard InChI is InChI=1S/C14H21BrClNO/c1-9(2)5-6-10(3)17-13-8-11(16)7-12(15)14(13)18-4/h7-10,17H,5-6H2,1-4H3. The summed E-state index contributed by atoms with van der Waals surface area (Å²) in [6, 6.07) is 4.13. The van der Waals surface area contributed by atoms with Gasteiger partial charge in [0, 0.05) is 11.1 Å². The molecule has 0 radical (unpaired) electrons. The highest BCUT2D eigenvalue weighted by molar-refractivity contribution is 9.10. The van der Waals surface area contributed by atoms with Crippen LogP contribution in [0.5, 0.6) is 5.75 Å². The monoisotopic (exact) mass is 333 g/mol. The molecule has 0 aromatic heterocycles. The molecular weight excluding hydrogens is 314 g/mol. The summed E-state index contributed by atoms with van der Waals surface area (Å²) >= 11 is 9.53. The van der Waals surface area contributed by atoms with Gasteiger partial charge in [0.15, 0.2) is 5.75 Å². The summed E-state index contributed by atoms with van der Waals surface area (Å²) in [5.74, 6) is 1.53. The van der Waals surface area contributed by atoms with E-state index in [0.717, 1.165) is 28.2 Å². The van der Waals surface area contributed by atoms with Gasteiger partial charge < -0.3 is 10.1 Å². The van der Waals surface area contributed by atoms with Crippen molar-refractivity contribution in [2.24, 2.45) is 5.92 Å². The molecule has 0 fully saturated rings. The van der Waals surface area contributed by atoms with Gasteiger partial charge in [-0.1, -0.05) is 25.4 Å². The molecule has 18 heavy (non-hydrogen) atoms. The van der Waals surface area contributed by atoms with Crippen LogP contribution < -0.4 is 10.1 Å². The molecule has 0 heterocycles. The van der Waals surface area contributed by atoms with Crippen molar-refractivity contribution in [1.82, 2.24) is 0 Å². The van der Waals surface area contributed by atoms with Gasteiger partial charge in [-0.15, -0.1) is 0 Å². The molecule has 0 saturated carbocycles. The molecule has 1 aromatic carbocycles. The molecule has 1 atom stereocenters. The zero-order chi connectivity index (χ0) is 13.7. The van der Waals surface area contributed by atoms with Crippen LogP contribution in [-0.2, 0) is 0 Å². The van der Waals surface area contributed by atoms with Gasteiger partial charge in [0.2, 0.25) is 0 Å². The molecule has 0 saturated heterocycles. The Labute approximate surface area is 123 Å². The number of methoxy groups -OCH3 is 1. The molecule has 0 aliphatic heterocycles. The highest BCUT2D eigenvalue weighted by Gasteiger charge is 2.12. The highest BCUT2D eigenvalue weighted by Crippen LogP contribution is 2.36. The maximum Gasteiger partial charge on any atom is 0.156 e. The third-order valence-electron chi connectivity index (χ3n) is 2.79. The number of anilines is 1. The number of ether oxygens (including phenoxy) is 1. The van der Waals surface area contributed by atoms with Crippen LogP contribution in [0.15, 0.2) is 16.6 Å². The number of halogens is 2. The SMILES string of the molecule is COc1c(Br)cc(Cl)cc1NC(C)CCC(C)C. The van der Waals surface area contributed by atoms with E-state index >= 15 is 0 Å². The molecule has 0 aliphatic carbocycles. The molecule has 0 amide bonds. The van der Waals surface area contributed by atoms with Crippen LogP contribution in [0, 0.1) is 5.92 Å². The number of nitrogens with one attached hydrogen (secondary N) is 1. The van der Waals surface area contributed by atoms with Crippen LogP contribution in [0.4, 0.5) is 5.69 Å². The lowest BCUT2D eigenvalue weighted by Crippen LogP contribution is -2.16. The Morgan fingerprint density at radius 1 is 1.28 bits per heavy atom. The lowest BCUT2D eigenvalue weighted by Gasteiger charge is -2.19. The van der Waals surface area contributed by atoms with E-state index in [0.29, 0.717) is 11.1 Å². The van der Waals surface area contributed by atoms with Crippen molar-refractivity contribution < 1.29 is 4.74 Å². The third kappa shape index (κ3) is 4.69. The van der Waals surface area contributed by atoms with Crippen molar-refractivity contribution >= 4 is 33.2 Å². The first-order valence-corrected chi connectivity index (χ1v) is 7.40. The fourth-order valence-electron chi connectivity index (χ4n) is 1.80. The van der Waals surface area contributed by atoms with E-state index in [1.165, 1.54) is 6.42 Å². The van der Waals surface area contributed by atoms with E-state index in [-0.39, 0.29) is 0 Å². The van der Waals surface area contributed by atoms with Crippen molar-refractivity contribution in [2.75, 3.05) is 12.4 Å². The van der Waals surface area contributed by atoms with E-state index in [2.05, 4.69) is 42.0 Å². The Hall–Kier alpha value is -0.410. The average Bonchev–Trinajstić information content (AvgIpc) is 2.26. The van der Waals surface area contributed by atoms with Crippen LogP contribution >= 0.6 is 27.5 Å². The van der Waals surface area contributed by atoms with Crippen LogP contribution in [-0.4, -0.2) is 13.2 Å². The van der Waals surface area contributed by atoms with Gasteiger partial charge in [-0.05, 0) is 53.7 Å². The van der Waals surface area contributed by atoms with E-state index in [9.17, 15) is 0 Å². The molecule has 1 rings (SSSR count). The van der Waals surface area contributed by atoms with Crippen LogP contribution in [0.25, 0.3) is 0 Å². The summed E-state index contributed by atoms with van der Waals surface area (Å²) in [6.07, 6.45) is 2.34. The van der Waals surface area contributed by atoms with Crippen molar-refractivity contribution in [2.45, 2.75) is 39.7 Å². The Kier molecular flexibility index (Phi) is 6.30. The second-order valence-electron chi connectivity index (χ2n) is 4.99. The predicted molar refractivity (Wildman–Crippen MR) is 82.9 cm³/mol. The van der Waals surface area contributed by atoms with Crippen LogP contribution in [0.3, 0.4) is 0 Å².